The minimum atomic E-state index is -3.39. The number of likely N-dealkylation sites (tertiary alicyclic amines) is 1. The molecular weight excluding hydrogens is 344 g/mol. The highest BCUT2D eigenvalue weighted by Crippen LogP contribution is 2.22. The predicted molar refractivity (Wildman–Crippen MR) is 96.9 cm³/mol. The molecule has 2 heterocycles. The van der Waals surface area contributed by atoms with Crippen molar-refractivity contribution in [1.82, 2.24) is 4.31 Å². The first-order valence-corrected chi connectivity index (χ1v) is 10.8. The second kappa shape index (κ2) is 7.32. The lowest BCUT2D eigenvalue weighted by molar-refractivity contribution is -0.938. The molecule has 1 aromatic carbocycles. The summed E-state index contributed by atoms with van der Waals surface area (Å²) in [6.07, 6.45) is 3.25. The van der Waals surface area contributed by atoms with Gasteiger partial charge in [0.25, 0.3) is 0 Å². The molecule has 0 aliphatic carbocycles. The first-order chi connectivity index (χ1) is 11.4. The van der Waals surface area contributed by atoms with Gasteiger partial charge in [-0.05, 0) is 30.7 Å². The molecule has 4 nitrogen and oxygen atoms in total. The molecule has 134 valence electrons. The van der Waals surface area contributed by atoms with E-state index in [9.17, 15) is 8.42 Å². The average Bonchev–Trinajstić information content (AvgIpc) is 2.54. The number of hydrogen-bond acceptors (Lipinski definition) is 2. The molecule has 2 atom stereocenters. The van der Waals surface area contributed by atoms with Crippen molar-refractivity contribution in [3.63, 3.8) is 0 Å². The average molecular weight is 372 g/mol. The zero-order valence-corrected chi connectivity index (χ0v) is 16.1. The van der Waals surface area contributed by atoms with E-state index in [1.165, 1.54) is 19.5 Å². The Morgan fingerprint density at radius 2 is 1.58 bits per heavy atom. The second-order valence-electron chi connectivity index (χ2n) is 7.64. The maximum Gasteiger partial charge on any atom is 0.243 e. The highest BCUT2D eigenvalue weighted by molar-refractivity contribution is 7.89. The monoisotopic (exact) mass is 371 g/mol. The van der Waals surface area contributed by atoms with E-state index in [-0.39, 0.29) is 0 Å². The second-order valence-corrected chi connectivity index (χ2v) is 10.0. The van der Waals surface area contributed by atoms with Gasteiger partial charge in [0.2, 0.25) is 10.0 Å². The van der Waals surface area contributed by atoms with Crippen LogP contribution in [0.2, 0.25) is 5.02 Å². The van der Waals surface area contributed by atoms with E-state index in [2.05, 4.69) is 13.8 Å². The topological polar surface area (TPSA) is 41.8 Å². The summed E-state index contributed by atoms with van der Waals surface area (Å²) in [5, 5.41) is 0.560. The summed E-state index contributed by atoms with van der Waals surface area (Å²) in [7, 11) is -3.39. The van der Waals surface area contributed by atoms with Gasteiger partial charge in [-0.1, -0.05) is 25.4 Å². The van der Waals surface area contributed by atoms with Crippen LogP contribution in [0, 0.1) is 11.8 Å². The molecule has 2 fully saturated rings. The maximum absolute atomic E-state index is 12.8. The van der Waals surface area contributed by atoms with Gasteiger partial charge < -0.3 is 4.90 Å². The van der Waals surface area contributed by atoms with Crippen LogP contribution in [-0.4, -0.2) is 44.9 Å². The first kappa shape index (κ1) is 18.2. The van der Waals surface area contributed by atoms with Crippen LogP contribution in [0.1, 0.15) is 33.1 Å². The number of quaternary nitrogens is 1. The molecule has 6 heteroatoms. The van der Waals surface area contributed by atoms with E-state index in [1.54, 1.807) is 33.5 Å². The van der Waals surface area contributed by atoms with Gasteiger partial charge in [-0.3, -0.25) is 0 Å². The molecule has 24 heavy (non-hydrogen) atoms. The molecule has 0 aromatic heterocycles. The Morgan fingerprint density at radius 1 is 1.04 bits per heavy atom. The van der Waals surface area contributed by atoms with Gasteiger partial charge >= 0.3 is 0 Å². The van der Waals surface area contributed by atoms with E-state index >= 15 is 0 Å². The van der Waals surface area contributed by atoms with E-state index < -0.39 is 10.0 Å². The van der Waals surface area contributed by atoms with Crippen LogP contribution in [0.25, 0.3) is 0 Å². The standard InChI is InChI=1S/C18H27ClN2O2S/c1-14-11-15(2)13-20(12-14)17-7-9-21(10-8-17)24(22,23)18-5-3-16(19)4-6-18/h3-6,14-15,17H,7-13H2,1-2H3/p+1/t14-,15-/m1/s1. The van der Waals surface area contributed by atoms with Crippen LogP contribution in [-0.2, 0) is 10.0 Å². The highest BCUT2D eigenvalue weighted by Gasteiger charge is 2.36. The van der Waals surface area contributed by atoms with Crippen molar-refractivity contribution in [2.24, 2.45) is 11.8 Å². The van der Waals surface area contributed by atoms with Gasteiger partial charge in [0.05, 0.1) is 24.0 Å². The number of halogens is 1. The fraction of sp³-hybridized carbons (Fsp3) is 0.667. The zero-order chi connectivity index (χ0) is 17.3. The quantitative estimate of drug-likeness (QED) is 0.883. The number of piperidine rings is 2. The predicted octanol–water partition coefficient (Wildman–Crippen LogP) is 2.05. The SMILES string of the molecule is C[C@@H]1C[C@@H](C)C[NH+](C2CCN(S(=O)(=O)c3ccc(Cl)cc3)CC2)C1. The van der Waals surface area contributed by atoms with Crippen molar-refractivity contribution < 1.29 is 13.3 Å². The summed E-state index contributed by atoms with van der Waals surface area (Å²) in [6, 6.07) is 7.09. The van der Waals surface area contributed by atoms with Gasteiger partial charge in [-0.25, -0.2) is 8.42 Å². The molecular formula is C18H28ClN2O2S+. The summed E-state index contributed by atoms with van der Waals surface area (Å²) in [5.41, 5.74) is 0. The van der Waals surface area contributed by atoms with Crippen molar-refractivity contribution in [3.05, 3.63) is 29.3 Å². The Labute approximate surface area is 150 Å². The summed E-state index contributed by atoms with van der Waals surface area (Å²) in [6.45, 7) is 8.41. The molecule has 1 N–H and O–H groups in total. The van der Waals surface area contributed by atoms with Gasteiger partial charge in [0.1, 0.15) is 0 Å². The third kappa shape index (κ3) is 3.96. The minimum absolute atomic E-state index is 0.345. The Kier molecular flexibility index (Phi) is 5.55. The fourth-order valence-corrected chi connectivity index (χ4v) is 6.02. The Bertz CT molecular complexity index is 644. The van der Waals surface area contributed by atoms with Gasteiger partial charge in [0.15, 0.2) is 0 Å². The van der Waals surface area contributed by atoms with Crippen LogP contribution in [0.3, 0.4) is 0 Å². The Balaban J connectivity index is 1.63. The van der Waals surface area contributed by atoms with Crippen molar-refractivity contribution in [3.8, 4) is 0 Å². The Hall–Kier alpha value is -0.620. The fourth-order valence-electron chi connectivity index (χ4n) is 4.43. The molecule has 1 aromatic rings. The number of nitrogens with zero attached hydrogens (tertiary/aromatic N) is 1. The minimum Gasteiger partial charge on any atom is -0.332 e. The van der Waals surface area contributed by atoms with Crippen LogP contribution in [0.15, 0.2) is 29.2 Å². The number of benzene rings is 1. The lowest BCUT2D eigenvalue weighted by Gasteiger charge is -2.40. The number of nitrogens with one attached hydrogen (secondary N) is 1. The van der Waals surface area contributed by atoms with Crippen molar-refractivity contribution in [1.29, 1.82) is 0 Å². The lowest BCUT2D eigenvalue weighted by atomic mass is 9.89. The largest absolute Gasteiger partial charge is 0.332 e. The van der Waals surface area contributed by atoms with Crippen molar-refractivity contribution in [2.75, 3.05) is 26.2 Å². The molecule has 2 aliphatic rings. The highest BCUT2D eigenvalue weighted by atomic mass is 35.5. The molecule has 0 unspecified atom stereocenters. The summed E-state index contributed by atoms with van der Waals surface area (Å²) >= 11 is 5.86. The summed E-state index contributed by atoms with van der Waals surface area (Å²) in [5.74, 6) is 1.55. The lowest BCUT2D eigenvalue weighted by Crippen LogP contribution is -3.18. The normalized spacial score (nSPS) is 30.4. The molecule has 0 radical (unpaired) electrons. The first-order valence-electron chi connectivity index (χ1n) is 8.96. The molecule has 2 aliphatic heterocycles. The molecule has 3 rings (SSSR count). The van der Waals surface area contributed by atoms with Crippen molar-refractivity contribution in [2.45, 2.75) is 44.0 Å². The molecule has 0 spiro atoms. The smallest absolute Gasteiger partial charge is 0.243 e. The van der Waals surface area contributed by atoms with Gasteiger partial charge in [-0.2, -0.15) is 4.31 Å². The van der Waals surface area contributed by atoms with E-state index in [0.29, 0.717) is 29.0 Å². The van der Waals surface area contributed by atoms with Crippen molar-refractivity contribution >= 4 is 21.6 Å². The van der Waals surface area contributed by atoms with E-state index in [0.717, 1.165) is 24.7 Å². The van der Waals surface area contributed by atoms with Crippen LogP contribution in [0.5, 0.6) is 0 Å². The molecule has 0 saturated carbocycles. The van der Waals surface area contributed by atoms with Crippen LogP contribution in [0.4, 0.5) is 0 Å². The molecule has 0 bridgehead atoms. The third-order valence-electron chi connectivity index (χ3n) is 5.51. The third-order valence-corrected chi connectivity index (χ3v) is 7.67. The Morgan fingerprint density at radius 3 is 2.12 bits per heavy atom. The van der Waals surface area contributed by atoms with Gasteiger partial charge in [0, 0.05) is 42.8 Å². The maximum atomic E-state index is 12.8. The molecule has 0 amide bonds. The summed E-state index contributed by atoms with van der Waals surface area (Å²) in [4.78, 5) is 2.03. The van der Waals surface area contributed by atoms with Crippen LogP contribution < -0.4 is 4.90 Å². The molecule has 2 saturated heterocycles. The van der Waals surface area contributed by atoms with E-state index in [4.69, 9.17) is 11.6 Å². The van der Waals surface area contributed by atoms with Crippen LogP contribution >= 0.6 is 11.6 Å². The number of sulfonamides is 1. The number of hydrogen-bond donors (Lipinski definition) is 1. The van der Waals surface area contributed by atoms with E-state index in [1.807, 2.05) is 0 Å². The van der Waals surface area contributed by atoms with Gasteiger partial charge in [-0.15, -0.1) is 0 Å². The summed E-state index contributed by atoms with van der Waals surface area (Å²) < 4.78 is 27.2. The zero-order valence-electron chi connectivity index (χ0n) is 14.5. The number of rotatable bonds is 3.